The quantitative estimate of drug-likeness (QED) is 0.414. The standard InChI is InChI=1S/C8H10/c1-2-5-6(3-1)8-4-7(5)8/h4-7H,1-3H2. The monoisotopic (exact) mass is 106 g/mol. The van der Waals surface area contributed by atoms with Gasteiger partial charge in [-0.15, -0.1) is 0 Å². The van der Waals surface area contributed by atoms with Crippen molar-refractivity contribution in [2.45, 2.75) is 19.3 Å². The van der Waals surface area contributed by atoms with Crippen LogP contribution in [0.5, 0.6) is 0 Å². The molecular weight excluding hydrogens is 96.1 g/mol. The van der Waals surface area contributed by atoms with Crippen LogP contribution in [0.1, 0.15) is 19.3 Å². The zero-order chi connectivity index (χ0) is 5.14. The van der Waals surface area contributed by atoms with E-state index in [4.69, 9.17) is 0 Å². The number of allylic oxidation sites excluding steroid dienone is 2. The third-order valence-electron chi connectivity index (χ3n) is 3.11. The summed E-state index contributed by atoms with van der Waals surface area (Å²) in [4.78, 5) is 0. The number of fused-ring (bicyclic) bond motifs is 4. The molecule has 0 heterocycles. The third kappa shape index (κ3) is 0.229. The van der Waals surface area contributed by atoms with Crippen LogP contribution in [0.15, 0.2) is 11.6 Å². The maximum absolute atomic E-state index is 2.48. The Balaban J connectivity index is 1.98. The van der Waals surface area contributed by atoms with Gasteiger partial charge in [0, 0.05) is 5.92 Å². The van der Waals surface area contributed by atoms with Gasteiger partial charge in [-0.25, -0.2) is 0 Å². The summed E-state index contributed by atoms with van der Waals surface area (Å²) in [6.07, 6.45) is 7.06. The smallest absolute Gasteiger partial charge is 0.00168 e. The van der Waals surface area contributed by atoms with E-state index in [1.165, 1.54) is 19.3 Å². The van der Waals surface area contributed by atoms with Crippen molar-refractivity contribution in [2.24, 2.45) is 17.8 Å². The first-order chi connectivity index (χ1) is 3.97. The molecule has 3 aliphatic rings. The number of hydrogen-bond acceptors (Lipinski definition) is 0. The van der Waals surface area contributed by atoms with E-state index >= 15 is 0 Å². The first-order valence-corrected chi connectivity index (χ1v) is 3.68. The molecular formula is C8H10. The molecule has 8 heavy (non-hydrogen) atoms. The van der Waals surface area contributed by atoms with E-state index in [2.05, 4.69) is 6.08 Å². The molecule has 3 rings (SSSR count). The van der Waals surface area contributed by atoms with Gasteiger partial charge in [0.2, 0.25) is 0 Å². The molecule has 0 amide bonds. The van der Waals surface area contributed by atoms with Gasteiger partial charge in [-0.2, -0.15) is 0 Å². The second kappa shape index (κ2) is 0.896. The fraction of sp³-hybridized carbons (Fsp3) is 0.750. The van der Waals surface area contributed by atoms with Crippen molar-refractivity contribution >= 4 is 0 Å². The van der Waals surface area contributed by atoms with Gasteiger partial charge in [0.1, 0.15) is 0 Å². The molecule has 0 heteroatoms. The normalized spacial score (nSPS) is 56.0. The molecule has 0 aromatic rings. The lowest BCUT2D eigenvalue weighted by atomic mass is 9.76. The Morgan fingerprint density at radius 3 is 3.25 bits per heavy atom. The van der Waals surface area contributed by atoms with Crippen LogP contribution in [0.25, 0.3) is 0 Å². The molecule has 0 N–H and O–H groups in total. The molecule has 2 saturated carbocycles. The molecule has 0 bridgehead atoms. The van der Waals surface area contributed by atoms with Gasteiger partial charge in [-0.1, -0.05) is 18.1 Å². The van der Waals surface area contributed by atoms with Crippen LogP contribution in [0.4, 0.5) is 0 Å². The fourth-order valence-corrected chi connectivity index (χ4v) is 2.61. The van der Waals surface area contributed by atoms with Crippen LogP contribution in [0, 0.1) is 17.8 Å². The lowest BCUT2D eigenvalue weighted by Crippen LogP contribution is -2.22. The summed E-state index contributed by atoms with van der Waals surface area (Å²) < 4.78 is 0. The van der Waals surface area contributed by atoms with Crippen LogP contribution < -0.4 is 0 Å². The predicted molar refractivity (Wildman–Crippen MR) is 32.4 cm³/mol. The van der Waals surface area contributed by atoms with Crippen LogP contribution in [-0.2, 0) is 0 Å². The molecule has 0 radical (unpaired) electrons. The first kappa shape index (κ1) is 3.71. The van der Waals surface area contributed by atoms with Crippen LogP contribution in [-0.4, -0.2) is 0 Å². The first-order valence-electron chi connectivity index (χ1n) is 3.68. The van der Waals surface area contributed by atoms with Crippen molar-refractivity contribution in [1.82, 2.24) is 0 Å². The summed E-state index contributed by atoms with van der Waals surface area (Å²) in [7, 11) is 0. The van der Waals surface area contributed by atoms with Crippen molar-refractivity contribution in [1.29, 1.82) is 0 Å². The molecule has 3 unspecified atom stereocenters. The second-order valence-corrected chi connectivity index (χ2v) is 3.39. The molecule has 0 saturated heterocycles. The molecule has 3 atom stereocenters. The minimum atomic E-state index is 1.04. The SMILES string of the molecule is C1=C2C1C1CCCC21. The Morgan fingerprint density at radius 1 is 1.38 bits per heavy atom. The van der Waals surface area contributed by atoms with E-state index < -0.39 is 0 Å². The van der Waals surface area contributed by atoms with Crippen molar-refractivity contribution in [3.05, 3.63) is 11.6 Å². The highest BCUT2D eigenvalue weighted by molar-refractivity contribution is 5.43. The highest BCUT2D eigenvalue weighted by Gasteiger charge is 2.54. The average molecular weight is 106 g/mol. The summed E-state index contributed by atoms with van der Waals surface area (Å²) in [6.45, 7) is 0. The molecule has 3 aliphatic carbocycles. The van der Waals surface area contributed by atoms with Gasteiger partial charge in [-0.05, 0) is 24.7 Å². The molecule has 0 nitrogen and oxygen atoms in total. The number of hydrogen-bond donors (Lipinski definition) is 0. The van der Waals surface area contributed by atoms with Crippen molar-refractivity contribution in [2.75, 3.05) is 0 Å². The van der Waals surface area contributed by atoms with Crippen LogP contribution >= 0.6 is 0 Å². The van der Waals surface area contributed by atoms with Gasteiger partial charge < -0.3 is 0 Å². The van der Waals surface area contributed by atoms with Gasteiger partial charge in [0.15, 0.2) is 0 Å². The molecule has 0 aliphatic heterocycles. The maximum atomic E-state index is 2.48. The summed E-state index contributed by atoms with van der Waals surface area (Å²) >= 11 is 0. The van der Waals surface area contributed by atoms with E-state index in [-0.39, 0.29) is 0 Å². The van der Waals surface area contributed by atoms with E-state index in [1.54, 1.807) is 0 Å². The zero-order valence-electron chi connectivity index (χ0n) is 4.93. The van der Waals surface area contributed by atoms with Gasteiger partial charge >= 0.3 is 0 Å². The summed E-state index contributed by atoms with van der Waals surface area (Å²) in [5.74, 6) is 3.28. The Labute approximate surface area is 49.6 Å². The number of rotatable bonds is 0. The highest BCUT2D eigenvalue weighted by atomic mass is 14.6. The highest BCUT2D eigenvalue weighted by Crippen LogP contribution is 2.63. The molecule has 0 aromatic carbocycles. The summed E-state index contributed by atoms with van der Waals surface area (Å²) in [5, 5.41) is 0. The molecule has 2 fully saturated rings. The van der Waals surface area contributed by atoms with E-state index in [9.17, 15) is 0 Å². The summed E-state index contributed by atoms with van der Waals surface area (Å²) in [6, 6.07) is 0. The topological polar surface area (TPSA) is 0 Å². The second-order valence-electron chi connectivity index (χ2n) is 3.39. The fourth-order valence-electron chi connectivity index (χ4n) is 2.61. The average Bonchev–Trinajstić information content (AvgIpc) is 2.34. The third-order valence-corrected chi connectivity index (χ3v) is 3.11. The van der Waals surface area contributed by atoms with Crippen molar-refractivity contribution < 1.29 is 0 Å². The molecule has 0 spiro atoms. The lowest BCUT2D eigenvalue weighted by Gasteiger charge is -2.28. The zero-order valence-corrected chi connectivity index (χ0v) is 4.93. The van der Waals surface area contributed by atoms with E-state index in [1.807, 2.05) is 5.57 Å². The van der Waals surface area contributed by atoms with Gasteiger partial charge in [0.25, 0.3) is 0 Å². The minimum absolute atomic E-state index is 1.04. The Kier molecular flexibility index (Phi) is 0.415. The van der Waals surface area contributed by atoms with Gasteiger partial charge in [-0.3, -0.25) is 0 Å². The summed E-state index contributed by atoms with van der Waals surface area (Å²) in [5.41, 5.74) is 1.83. The van der Waals surface area contributed by atoms with Crippen molar-refractivity contribution in [3.63, 3.8) is 0 Å². The van der Waals surface area contributed by atoms with Crippen LogP contribution in [0.3, 0.4) is 0 Å². The molecule has 42 valence electrons. The predicted octanol–water partition coefficient (Wildman–Crippen LogP) is 1.97. The van der Waals surface area contributed by atoms with Crippen LogP contribution in [0.2, 0.25) is 0 Å². The largest absolute Gasteiger partial charge is 0.0769 e. The Hall–Kier alpha value is -0.260. The lowest BCUT2D eigenvalue weighted by molar-refractivity contribution is 0.315. The maximum Gasteiger partial charge on any atom is 0.00168 e. The Bertz CT molecular complexity index is 167. The van der Waals surface area contributed by atoms with E-state index in [0.717, 1.165) is 17.8 Å². The minimum Gasteiger partial charge on any atom is -0.0769 e. The van der Waals surface area contributed by atoms with Gasteiger partial charge in [0.05, 0.1) is 0 Å². The Morgan fingerprint density at radius 2 is 2.38 bits per heavy atom. The molecule has 0 aromatic heterocycles. The van der Waals surface area contributed by atoms with E-state index in [0.29, 0.717) is 0 Å². The van der Waals surface area contributed by atoms with Crippen molar-refractivity contribution in [3.8, 4) is 0 Å².